The van der Waals surface area contributed by atoms with Gasteiger partial charge in [-0.25, -0.2) is 17.2 Å². The molecule has 0 aliphatic carbocycles. The van der Waals surface area contributed by atoms with E-state index in [0.29, 0.717) is 0 Å². The Morgan fingerprint density at radius 1 is 1.40 bits per heavy atom. The Morgan fingerprint density at radius 2 is 2.00 bits per heavy atom. The summed E-state index contributed by atoms with van der Waals surface area (Å²) in [6.07, 6.45) is 0. The van der Waals surface area contributed by atoms with Crippen LogP contribution in [0.15, 0.2) is 12.1 Å². The summed E-state index contributed by atoms with van der Waals surface area (Å²) in [6, 6.07) is 2.24. The van der Waals surface area contributed by atoms with Crippen LogP contribution < -0.4 is 4.72 Å². The number of hydrogen-bond acceptors (Lipinski definition) is 2. The van der Waals surface area contributed by atoms with Gasteiger partial charge in [-0.05, 0) is 18.6 Å². The van der Waals surface area contributed by atoms with Crippen LogP contribution in [0.2, 0.25) is 0 Å². The van der Waals surface area contributed by atoms with Crippen molar-refractivity contribution in [3.8, 4) is 0 Å². The molecule has 0 bridgehead atoms. The molecule has 1 rings (SSSR count). The Labute approximate surface area is 94.7 Å². The maximum Gasteiger partial charge on any atom is 0.242 e. The number of halogens is 3. The van der Waals surface area contributed by atoms with Crippen molar-refractivity contribution in [2.75, 3.05) is 9.38 Å². The summed E-state index contributed by atoms with van der Waals surface area (Å²) in [7, 11) is -3.75. The summed E-state index contributed by atoms with van der Waals surface area (Å²) in [5.41, 5.74) is -0.474. The van der Waals surface area contributed by atoms with Gasteiger partial charge < -0.3 is 0 Å². The van der Waals surface area contributed by atoms with Gasteiger partial charge >= 0.3 is 0 Å². The number of benzene rings is 1. The predicted octanol–water partition coefficient (Wildman–Crippen LogP) is 2.37. The average Bonchev–Trinajstić information content (AvgIpc) is 2.19. The largest absolute Gasteiger partial charge is 0.277 e. The van der Waals surface area contributed by atoms with E-state index >= 15 is 0 Å². The smallest absolute Gasteiger partial charge is 0.242 e. The minimum absolute atomic E-state index is 0.170. The maximum atomic E-state index is 13.3. The Bertz CT molecular complexity index is 476. The fourth-order valence-electron chi connectivity index (χ4n) is 0.933. The molecule has 0 aromatic heterocycles. The van der Waals surface area contributed by atoms with Gasteiger partial charge in [-0.2, -0.15) is 0 Å². The summed E-state index contributed by atoms with van der Waals surface area (Å²) in [5, 5.41) is 0. The van der Waals surface area contributed by atoms with Gasteiger partial charge in [0, 0.05) is 0 Å². The van der Waals surface area contributed by atoms with Gasteiger partial charge in [-0.15, -0.1) is 0 Å². The van der Waals surface area contributed by atoms with Gasteiger partial charge in [-0.1, -0.05) is 22.0 Å². The van der Waals surface area contributed by atoms with Crippen LogP contribution in [-0.2, 0) is 10.0 Å². The van der Waals surface area contributed by atoms with E-state index < -0.39 is 32.0 Å². The first-order chi connectivity index (χ1) is 6.87. The first-order valence-electron chi connectivity index (χ1n) is 3.88. The zero-order chi connectivity index (χ0) is 11.6. The third-order valence-electron chi connectivity index (χ3n) is 1.69. The molecule has 1 aromatic rings. The van der Waals surface area contributed by atoms with Gasteiger partial charge in [0.25, 0.3) is 0 Å². The van der Waals surface area contributed by atoms with E-state index in [1.165, 1.54) is 13.0 Å². The van der Waals surface area contributed by atoms with Crippen LogP contribution in [0.1, 0.15) is 5.56 Å². The topological polar surface area (TPSA) is 46.2 Å². The SMILES string of the molecule is Cc1ccc(F)c(NS(=O)(=O)CBr)c1F. The molecule has 0 saturated carbocycles. The molecule has 7 heteroatoms. The van der Waals surface area contributed by atoms with Crippen LogP contribution in [-0.4, -0.2) is 13.1 Å². The van der Waals surface area contributed by atoms with E-state index in [-0.39, 0.29) is 5.56 Å². The number of sulfonamides is 1. The number of hydrogen-bond donors (Lipinski definition) is 1. The molecule has 1 N–H and O–H groups in total. The Hall–Kier alpha value is -0.690. The van der Waals surface area contributed by atoms with E-state index in [2.05, 4.69) is 15.9 Å². The molecule has 0 atom stereocenters. The molecule has 0 heterocycles. The van der Waals surface area contributed by atoms with Crippen LogP contribution in [0.5, 0.6) is 0 Å². The second kappa shape index (κ2) is 4.44. The summed E-state index contributed by atoms with van der Waals surface area (Å²) < 4.78 is 50.0. The number of alkyl halides is 1. The molecule has 1 aromatic carbocycles. The summed E-state index contributed by atoms with van der Waals surface area (Å²) in [5.74, 6) is -1.85. The maximum absolute atomic E-state index is 13.3. The van der Waals surface area contributed by atoms with Crippen LogP contribution in [0.25, 0.3) is 0 Å². The molecule has 0 saturated heterocycles. The van der Waals surface area contributed by atoms with Gasteiger partial charge in [-0.3, -0.25) is 4.72 Å². The van der Waals surface area contributed by atoms with Gasteiger partial charge in [0.1, 0.15) is 16.2 Å². The van der Waals surface area contributed by atoms with Crippen molar-refractivity contribution in [1.82, 2.24) is 0 Å². The van der Waals surface area contributed by atoms with Crippen molar-refractivity contribution in [3.63, 3.8) is 0 Å². The average molecular weight is 300 g/mol. The van der Waals surface area contributed by atoms with E-state index in [1.54, 1.807) is 0 Å². The van der Waals surface area contributed by atoms with Crippen molar-refractivity contribution in [2.45, 2.75) is 6.92 Å². The molecule has 15 heavy (non-hydrogen) atoms. The normalized spacial score (nSPS) is 11.5. The second-order valence-corrected chi connectivity index (χ2v) is 5.90. The van der Waals surface area contributed by atoms with E-state index in [1.807, 2.05) is 4.72 Å². The molecule has 0 aliphatic rings. The fraction of sp³-hybridized carbons (Fsp3) is 0.250. The molecular weight excluding hydrogens is 292 g/mol. The van der Waals surface area contributed by atoms with Crippen molar-refractivity contribution in [2.24, 2.45) is 0 Å². The first kappa shape index (κ1) is 12.4. The van der Waals surface area contributed by atoms with E-state index in [9.17, 15) is 17.2 Å². The van der Waals surface area contributed by atoms with Crippen LogP contribution in [0.4, 0.5) is 14.5 Å². The Balaban J connectivity index is 3.21. The summed E-state index contributed by atoms with van der Waals surface area (Å²) in [4.78, 5) is 0. The molecule has 0 radical (unpaired) electrons. The minimum atomic E-state index is -3.75. The fourth-order valence-corrected chi connectivity index (χ4v) is 1.83. The lowest BCUT2D eigenvalue weighted by Crippen LogP contribution is -2.15. The van der Waals surface area contributed by atoms with Gasteiger partial charge in [0.2, 0.25) is 10.0 Å². The summed E-state index contributed by atoms with van der Waals surface area (Å²) in [6.45, 7) is 1.42. The highest BCUT2D eigenvalue weighted by atomic mass is 79.9. The molecule has 0 spiro atoms. The lowest BCUT2D eigenvalue weighted by Gasteiger charge is -2.09. The highest BCUT2D eigenvalue weighted by molar-refractivity contribution is 9.10. The Kier molecular flexibility index (Phi) is 3.67. The van der Waals surface area contributed by atoms with Crippen molar-refractivity contribution >= 4 is 31.6 Å². The molecule has 0 aliphatic heterocycles. The van der Waals surface area contributed by atoms with E-state index in [4.69, 9.17) is 0 Å². The molecule has 0 amide bonds. The van der Waals surface area contributed by atoms with E-state index in [0.717, 1.165) is 6.07 Å². The molecular formula is C8H8BrF2NO2S. The number of nitrogens with one attached hydrogen (secondary N) is 1. The zero-order valence-corrected chi connectivity index (χ0v) is 10.1. The van der Waals surface area contributed by atoms with Crippen molar-refractivity contribution < 1.29 is 17.2 Å². The number of anilines is 1. The number of rotatable bonds is 3. The Morgan fingerprint density at radius 3 is 2.53 bits per heavy atom. The van der Waals surface area contributed by atoms with Crippen LogP contribution in [0.3, 0.4) is 0 Å². The number of aryl methyl sites for hydroxylation is 1. The highest BCUT2D eigenvalue weighted by Gasteiger charge is 2.16. The third-order valence-corrected chi connectivity index (χ3v) is 4.30. The summed E-state index contributed by atoms with van der Waals surface area (Å²) >= 11 is 2.70. The predicted molar refractivity (Wildman–Crippen MR) is 57.4 cm³/mol. The third kappa shape index (κ3) is 2.88. The monoisotopic (exact) mass is 299 g/mol. The standard InChI is InChI=1S/C8H8BrF2NO2S/c1-5-2-3-6(10)8(7(5)11)12-15(13,14)4-9/h2-3,12H,4H2,1H3. The van der Waals surface area contributed by atoms with Crippen molar-refractivity contribution in [1.29, 1.82) is 0 Å². The van der Waals surface area contributed by atoms with Crippen molar-refractivity contribution in [3.05, 3.63) is 29.3 Å². The molecule has 3 nitrogen and oxygen atoms in total. The minimum Gasteiger partial charge on any atom is -0.277 e. The second-order valence-electron chi connectivity index (χ2n) is 2.88. The van der Waals surface area contributed by atoms with Crippen LogP contribution >= 0.6 is 15.9 Å². The lowest BCUT2D eigenvalue weighted by molar-refractivity contribution is 0.580. The molecule has 0 fully saturated rings. The van der Waals surface area contributed by atoms with Gasteiger partial charge in [0.05, 0.1) is 0 Å². The zero-order valence-electron chi connectivity index (χ0n) is 7.72. The van der Waals surface area contributed by atoms with Crippen LogP contribution in [0, 0.1) is 18.6 Å². The highest BCUT2D eigenvalue weighted by Crippen LogP contribution is 2.22. The lowest BCUT2D eigenvalue weighted by atomic mass is 10.2. The van der Waals surface area contributed by atoms with Gasteiger partial charge in [0.15, 0.2) is 5.82 Å². The quantitative estimate of drug-likeness (QED) is 0.871. The first-order valence-corrected chi connectivity index (χ1v) is 6.66. The molecule has 84 valence electrons. The molecule has 0 unspecified atom stereocenters.